The highest BCUT2D eigenvalue weighted by Crippen LogP contribution is 2.36. The second kappa shape index (κ2) is 4.28. The number of hydrogen-bond acceptors (Lipinski definition) is 4. The van der Waals surface area contributed by atoms with Crippen molar-refractivity contribution in [2.75, 3.05) is 17.6 Å². The summed E-state index contributed by atoms with van der Waals surface area (Å²) < 4.78 is 0. The first-order chi connectivity index (χ1) is 7.58. The largest absolute Gasteiger partial charge is 0.383 e. The number of nitrogen functional groups attached to an aromatic ring is 1. The second-order valence-corrected chi connectivity index (χ2v) is 4.83. The van der Waals surface area contributed by atoms with Gasteiger partial charge in [0.25, 0.3) is 0 Å². The van der Waals surface area contributed by atoms with Crippen molar-refractivity contribution >= 4 is 11.6 Å². The fourth-order valence-electron chi connectivity index (χ4n) is 1.91. The Morgan fingerprint density at radius 1 is 1.38 bits per heavy atom. The zero-order valence-electron chi connectivity index (χ0n) is 10.2. The van der Waals surface area contributed by atoms with Gasteiger partial charge in [0.05, 0.1) is 0 Å². The van der Waals surface area contributed by atoms with Crippen LogP contribution in [0.15, 0.2) is 0 Å². The van der Waals surface area contributed by atoms with Gasteiger partial charge < -0.3 is 11.1 Å². The summed E-state index contributed by atoms with van der Waals surface area (Å²) in [5.41, 5.74) is 6.76. The van der Waals surface area contributed by atoms with Crippen LogP contribution in [-0.2, 0) is 0 Å². The first-order valence-electron chi connectivity index (χ1n) is 5.92. The third-order valence-electron chi connectivity index (χ3n) is 3.31. The fraction of sp³-hybridized carbons (Fsp3) is 0.667. The van der Waals surface area contributed by atoms with E-state index in [9.17, 15) is 0 Å². The predicted octanol–water partition coefficient (Wildman–Crippen LogP) is 2.13. The summed E-state index contributed by atoms with van der Waals surface area (Å²) in [6, 6.07) is 0. The van der Waals surface area contributed by atoms with Crippen LogP contribution in [0.3, 0.4) is 0 Å². The highest BCUT2D eigenvalue weighted by Gasteiger charge is 2.27. The summed E-state index contributed by atoms with van der Waals surface area (Å²) in [5.74, 6) is 3.82. The van der Waals surface area contributed by atoms with Crippen molar-refractivity contribution in [2.24, 2.45) is 11.8 Å². The minimum Gasteiger partial charge on any atom is -0.383 e. The fourth-order valence-corrected chi connectivity index (χ4v) is 1.91. The molecule has 0 aliphatic heterocycles. The maximum atomic E-state index is 5.81. The third kappa shape index (κ3) is 2.43. The molecule has 4 nitrogen and oxygen atoms in total. The molecule has 16 heavy (non-hydrogen) atoms. The summed E-state index contributed by atoms with van der Waals surface area (Å²) in [5, 5.41) is 3.38. The lowest BCUT2D eigenvalue weighted by molar-refractivity contribution is 0.535. The molecule has 1 unspecified atom stereocenters. The van der Waals surface area contributed by atoms with Crippen molar-refractivity contribution in [1.29, 1.82) is 0 Å². The molecule has 0 amide bonds. The number of aromatic nitrogens is 2. The highest BCUT2D eigenvalue weighted by molar-refractivity contribution is 5.54. The molecule has 88 valence electrons. The lowest BCUT2D eigenvalue weighted by Crippen LogP contribution is -2.15. The van der Waals surface area contributed by atoms with E-state index in [0.717, 1.165) is 35.6 Å². The molecule has 0 bridgehead atoms. The Morgan fingerprint density at radius 2 is 2.06 bits per heavy atom. The van der Waals surface area contributed by atoms with Gasteiger partial charge in [0.15, 0.2) is 0 Å². The van der Waals surface area contributed by atoms with Crippen LogP contribution in [0.25, 0.3) is 0 Å². The zero-order valence-corrected chi connectivity index (χ0v) is 10.2. The molecule has 1 fully saturated rings. The number of nitrogens with two attached hydrogens (primary N) is 1. The maximum absolute atomic E-state index is 5.81. The van der Waals surface area contributed by atoms with E-state index in [0.29, 0.717) is 5.82 Å². The van der Waals surface area contributed by atoms with E-state index in [2.05, 4.69) is 22.2 Å². The van der Waals surface area contributed by atoms with E-state index in [-0.39, 0.29) is 0 Å². The van der Waals surface area contributed by atoms with Crippen molar-refractivity contribution in [3.63, 3.8) is 0 Å². The van der Waals surface area contributed by atoms with Crippen LogP contribution >= 0.6 is 0 Å². The molecule has 1 saturated carbocycles. The molecule has 1 aliphatic rings. The lowest BCUT2D eigenvalue weighted by atomic mass is 10.1. The summed E-state index contributed by atoms with van der Waals surface area (Å²) in [4.78, 5) is 8.52. The van der Waals surface area contributed by atoms with Gasteiger partial charge in [0.1, 0.15) is 17.5 Å². The Morgan fingerprint density at radius 3 is 2.69 bits per heavy atom. The SMILES string of the molecule is Cc1nc(N)c(C)c(NCC(C)C2CC2)n1. The van der Waals surface area contributed by atoms with E-state index in [1.54, 1.807) is 0 Å². The molecular formula is C12H20N4. The molecule has 1 atom stereocenters. The van der Waals surface area contributed by atoms with Gasteiger partial charge in [-0.05, 0) is 38.5 Å². The first-order valence-corrected chi connectivity index (χ1v) is 5.92. The van der Waals surface area contributed by atoms with Gasteiger partial charge in [0, 0.05) is 12.1 Å². The Labute approximate surface area is 96.7 Å². The van der Waals surface area contributed by atoms with Crippen molar-refractivity contribution in [3.05, 3.63) is 11.4 Å². The topological polar surface area (TPSA) is 63.8 Å². The molecule has 1 aromatic heterocycles. The third-order valence-corrected chi connectivity index (χ3v) is 3.31. The standard InChI is InChI=1S/C12H20N4/c1-7(10-4-5-10)6-14-12-8(2)11(13)15-9(3)16-12/h7,10H,4-6H2,1-3H3,(H3,13,14,15,16). The highest BCUT2D eigenvalue weighted by atomic mass is 15.1. The van der Waals surface area contributed by atoms with Gasteiger partial charge >= 0.3 is 0 Å². The zero-order chi connectivity index (χ0) is 11.7. The summed E-state index contributed by atoms with van der Waals surface area (Å²) in [6.45, 7) is 7.09. The van der Waals surface area contributed by atoms with E-state index in [1.807, 2.05) is 13.8 Å². The molecule has 1 aliphatic carbocycles. The smallest absolute Gasteiger partial charge is 0.134 e. The minimum absolute atomic E-state index is 0.578. The molecule has 0 aromatic carbocycles. The molecule has 0 spiro atoms. The molecule has 4 heteroatoms. The number of rotatable bonds is 4. The predicted molar refractivity (Wildman–Crippen MR) is 66.3 cm³/mol. The van der Waals surface area contributed by atoms with Gasteiger partial charge in [-0.15, -0.1) is 0 Å². The Bertz CT molecular complexity index is 385. The average molecular weight is 220 g/mol. The summed E-state index contributed by atoms with van der Waals surface area (Å²) >= 11 is 0. The Kier molecular flexibility index (Phi) is 2.99. The maximum Gasteiger partial charge on any atom is 0.134 e. The van der Waals surface area contributed by atoms with Gasteiger partial charge in [-0.3, -0.25) is 0 Å². The summed E-state index contributed by atoms with van der Waals surface area (Å²) in [7, 11) is 0. The van der Waals surface area contributed by atoms with Crippen molar-refractivity contribution in [1.82, 2.24) is 9.97 Å². The van der Waals surface area contributed by atoms with Crippen LogP contribution in [0.1, 0.15) is 31.2 Å². The number of aryl methyl sites for hydroxylation is 1. The van der Waals surface area contributed by atoms with Crippen LogP contribution in [0.4, 0.5) is 11.6 Å². The van der Waals surface area contributed by atoms with Crippen LogP contribution < -0.4 is 11.1 Å². The second-order valence-electron chi connectivity index (χ2n) is 4.83. The number of hydrogen-bond donors (Lipinski definition) is 2. The number of anilines is 2. The number of nitrogens with one attached hydrogen (secondary N) is 1. The molecule has 0 saturated heterocycles. The minimum atomic E-state index is 0.578. The molecule has 3 N–H and O–H groups in total. The van der Waals surface area contributed by atoms with Gasteiger partial charge in [-0.1, -0.05) is 6.92 Å². The van der Waals surface area contributed by atoms with Crippen LogP contribution in [0, 0.1) is 25.7 Å². The van der Waals surface area contributed by atoms with E-state index in [1.165, 1.54) is 12.8 Å². The van der Waals surface area contributed by atoms with Crippen LogP contribution in [0.2, 0.25) is 0 Å². The van der Waals surface area contributed by atoms with Gasteiger partial charge in [0.2, 0.25) is 0 Å². The van der Waals surface area contributed by atoms with E-state index < -0.39 is 0 Å². The molecule has 0 radical (unpaired) electrons. The van der Waals surface area contributed by atoms with Crippen molar-refractivity contribution < 1.29 is 0 Å². The van der Waals surface area contributed by atoms with Crippen molar-refractivity contribution in [3.8, 4) is 0 Å². The van der Waals surface area contributed by atoms with Crippen molar-refractivity contribution in [2.45, 2.75) is 33.6 Å². The number of nitrogens with zero attached hydrogens (tertiary/aromatic N) is 2. The van der Waals surface area contributed by atoms with E-state index in [4.69, 9.17) is 5.73 Å². The normalized spacial score (nSPS) is 17.2. The van der Waals surface area contributed by atoms with Crippen LogP contribution in [0.5, 0.6) is 0 Å². The Hall–Kier alpha value is -1.32. The monoisotopic (exact) mass is 220 g/mol. The van der Waals surface area contributed by atoms with E-state index >= 15 is 0 Å². The quantitative estimate of drug-likeness (QED) is 0.816. The Balaban J connectivity index is 2.02. The van der Waals surface area contributed by atoms with Gasteiger partial charge in [-0.2, -0.15) is 0 Å². The van der Waals surface area contributed by atoms with Crippen LogP contribution in [-0.4, -0.2) is 16.5 Å². The molecule has 1 heterocycles. The lowest BCUT2D eigenvalue weighted by Gasteiger charge is -2.14. The molecule has 1 aromatic rings. The van der Waals surface area contributed by atoms with Gasteiger partial charge in [-0.25, -0.2) is 9.97 Å². The molecular weight excluding hydrogens is 200 g/mol. The average Bonchev–Trinajstić information content (AvgIpc) is 3.04. The first kappa shape index (κ1) is 11.2. The summed E-state index contributed by atoms with van der Waals surface area (Å²) in [6.07, 6.45) is 2.76. The molecule has 2 rings (SSSR count).